The first-order chi connectivity index (χ1) is 6.15. The summed E-state index contributed by atoms with van der Waals surface area (Å²) in [4.78, 5) is 22.4. The predicted molar refractivity (Wildman–Crippen MR) is 50.9 cm³/mol. The van der Waals surface area contributed by atoms with Gasteiger partial charge in [-0.1, -0.05) is 0 Å². The van der Waals surface area contributed by atoms with Crippen molar-refractivity contribution >= 4 is 12.0 Å². The highest BCUT2D eigenvalue weighted by atomic mass is 16.6. The zero-order chi connectivity index (χ0) is 11.5. The molecule has 0 bridgehead atoms. The molecule has 0 fully saturated rings. The molecule has 0 unspecified atom stereocenters. The molecule has 1 atom stereocenters. The van der Waals surface area contributed by atoms with Crippen molar-refractivity contribution in [3.8, 4) is 0 Å². The summed E-state index contributed by atoms with van der Waals surface area (Å²) in [5, 5.41) is 0.385. The van der Waals surface area contributed by atoms with Gasteiger partial charge in [0.1, 0.15) is 5.60 Å². The third kappa shape index (κ3) is 4.20. The Morgan fingerprint density at radius 3 is 2.07 bits per heavy atom. The van der Waals surface area contributed by atoms with Crippen LogP contribution in [0, 0.1) is 0 Å². The molecule has 0 saturated carbocycles. The molecule has 0 rings (SSSR count). The van der Waals surface area contributed by atoms with Gasteiger partial charge in [-0.3, -0.25) is 4.79 Å². The minimum absolute atomic E-state index is 0.385. The zero-order valence-corrected chi connectivity index (χ0v) is 8.90. The fraction of sp³-hybridized carbons (Fsp3) is 0.750. The number of imide groups is 1. The summed E-state index contributed by atoms with van der Waals surface area (Å²) in [6.45, 7) is 6.46. The number of rotatable bonds is 1. The average molecular weight is 203 g/mol. The van der Waals surface area contributed by atoms with E-state index in [1.807, 2.05) is 0 Å². The zero-order valence-electron chi connectivity index (χ0n) is 8.90. The summed E-state index contributed by atoms with van der Waals surface area (Å²) in [6, 6.07) is -0.826. The van der Waals surface area contributed by atoms with Gasteiger partial charge >= 0.3 is 6.09 Å². The van der Waals surface area contributed by atoms with Crippen molar-refractivity contribution in [3.63, 3.8) is 0 Å². The van der Waals surface area contributed by atoms with E-state index in [9.17, 15) is 9.59 Å². The Bertz CT molecular complexity index is 232. The van der Waals surface area contributed by atoms with Crippen molar-refractivity contribution in [2.24, 2.45) is 11.6 Å². The fourth-order valence-corrected chi connectivity index (χ4v) is 0.620. The van der Waals surface area contributed by atoms with Gasteiger partial charge in [0.2, 0.25) is 0 Å². The van der Waals surface area contributed by atoms with Gasteiger partial charge in [-0.25, -0.2) is 10.6 Å². The first kappa shape index (κ1) is 12.9. The molecule has 6 nitrogen and oxygen atoms in total. The van der Waals surface area contributed by atoms with E-state index in [-0.39, 0.29) is 0 Å². The minimum atomic E-state index is -0.903. The summed E-state index contributed by atoms with van der Waals surface area (Å²) < 4.78 is 4.86. The fourth-order valence-electron chi connectivity index (χ4n) is 0.620. The van der Waals surface area contributed by atoms with Crippen LogP contribution in [0.2, 0.25) is 0 Å². The molecule has 82 valence electrons. The van der Waals surface area contributed by atoms with E-state index >= 15 is 0 Å². The molecular formula is C8H17N3O3. The van der Waals surface area contributed by atoms with Crippen molar-refractivity contribution in [3.05, 3.63) is 0 Å². The number of hydrogen-bond donors (Lipinski definition) is 2. The van der Waals surface area contributed by atoms with Crippen molar-refractivity contribution in [2.75, 3.05) is 0 Å². The van der Waals surface area contributed by atoms with Gasteiger partial charge in [-0.15, -0.1) is 0 Å². The lowest BCUT2D eigenvalue weighted by Crippen LogP contribution is -2.51. The maximum atomic E-state index is 11.2. The molecule has 0 aromatic carbocycles. The molecule has 0 radical (unpaired) electrons. The Labute approximate surface area is 83.1 Å². The number of carbonyl (C=O) groups is 2. The van der Waals surface area contributed by atoms with E-state index in [0.29, 0.717) is 5.01 Å². The van der Waals surface area contributed by atoms with Crippen LogP contribution >= 0.6 is 0 Å². The lowest BCUT2D eigenvalue weighted by Gasteiger charge is -2.23. The molecule has 0 aromatic rings. The van der Waals surface area contributed by atoms with Crippen LogP contribution in [0.1, 0.15) is 27.7 Å². The average Bonchev–Trinajstić information content (AvgIpc) is 1.98. The third-order valence-electron chi connectivity index (χ3n) is 1.22. The minimum Gasteiger partial charge on any atom is -0.442 e. The largest absolute Gasteiger partial charge is 0.442 e. The van der Waals surface area contributed by atoms with Crippen molar-refractivity contribution in [1.29, 1.82) is 0 Å². The topological polar surface area (TPSA) is 98.7 Å². The normalized spacial score (nSPS) is 13.3. The molecule has 2 amide bonds. The van der Waals surface area contributed by atoms with Gasteiger partial charge in [0.25, 0.3) is 5.91 Å². The molecule has 0 aliphatic heterocycles. The molecule has 0 aliphatic carbocycles. The molecule has 0 spiro atoms. The van der Waals surface area contributed by atoms with Crippen LogP contribution < -0.4 is 11.6 Å². The highest BCUT2D eigenvalue weighted by Gasteiger charge is 2.26. The molecule has 0 aromatic heterocycles. The number of amides is 2. The highest BCUT2D eigenvalue weighted by Crippen LogP contribution is 2.08. The number of carbonyl (C=O) groups excluding carboxylic acids is 2. The van der Waals surface area contributed by atoms with E-state index in [4.69, 9.17) is 16.3 Å². The maximum absolute atomic E-state index is 11.2. The molecule has 6 heteroatoms. The maximum Gasteiger partial charge on any atom is 0.431 e. The molecule has 14 heavy (non-hydrogen) atoms. The van der Waals surface area contributed by atoms with Crippen LogP contribution in [0.25, 0.3) is 0 Å². The smallest absolute Gasteiger partial charge is 0.431 e. The molecule has 0 saturated heterocycles. The molecule has 4 N–H and O–H groups in total. The van der Waals surface area contributed by atoms with Crippen LogP contribution in [0.4, 0.5) is 4.79 Å². The van der Waals surface area contributed by atoms with Gasteiger partial charge in [0.15, 0.2) is 0 Å². The lowest BCUT2D eigenvalue weighted by atomic mass is 10.2. The standard InChI is InChI=1S/C8H17N3O3/c1-5(9)6(12)11(10)7(13)14-8(2,3)4/h5H,9-10H2,1-4H3/t5-/m0/s1. The molecular weight excluding hydrogens is 186 g/mol. The first-order valence-electron chi connectivity index (χ1n) is 4.22. The van der Waals surface area contributed by atoms with Crippen LogP contribution in [0.5, 0.6) is 0 Å². The highest BCUT2D eigenvalue weighted by molar-refractivity contribution is 5.93. The summed E-state index contributed by atoms with van der Waals surface area (Å²) in [6.07, 6.45) is -0.903. The number of nitrogens with zero attached hydrogens (tertiary/aromatic N) is 1. The van der Waals surface area contributed by atoms with Crippen LogP contribution in [-0.4, -0.2) is 28.7 Å². The van der Waals surface area contributed by atoms with Gasteiger partial charge in [-0.05, 0) is 27.7 Å². The second-order valence-corrected chi connectivity index (χ2v) is 3.98. The van der Waals surface area contributed by atoms with Gasteiger partial charge in [0, 0.05) is 0 Å². The van der Waals surface area contributed by atoms with E-state index in [1.165, 1.54) is 6.92 Å². The Hall–Kier alpha value is -1.14. The van der Waals surface area contributed by atoms with Crippen molar-refractivity contribution < 1.29 is 14.3 Å². The monoisotopic (exact) mass is 203 g/mol. The predicted octanol–water partition coefficient (Wildman–Crippen LogP) is -0.0290. The van der Waals surface area contributed by atoms with Crippen LogP contribution in [0.3, 0.4) is 0 Å². The summed E-state index contributed by atoms with van der Waals surface area (Å²) in [5.74, 6) is 4.52. The lowest BCUT2D eigenvalue weighted by molar-refractivity contribution is -0.131. The summed E-state index contributed by atoms with van der Waals surface area (Å²) in [5.41, 5.74) is 4.57. The van der Waals surface area contributed by atoms with E-state index in [0.717, 1.165) is 0 Å². The quantitative estimate of drug-likeness (QED) is 0.354. The summed E-state index contributed by atoms with van der Waals surface area (Å²) in [7, 11) is 0. The number of hydrazine groups is 1. The number of ether oxygens (including phenoxy) is 1. The van der Waals surface area contributed by atoms with E-state index in [2.05, 4.69) is 0 Å². The number of nitrogens with two attached hydrogens (primary N) is 2. The van der Waals surface area contributed by atoms with E-state index in [1.54, 1.807) is 20.8 Å². The van der Waals surface area contributed by atoms with Gasteiger partial charge in [-0.2, -0.15) is 5.01 Å². The van der Waals surface area contributed by atoms with Gasteiger partial charge in [0.05, 0.1) is 6.04 Å². The Kier molecular flexibility index (Phi) is 4.03. The molecule has 0 heterocycles. The van der Waals surface area contributed by atoms with Crippen LogP contribution in [0.15, 0.2) is 0 Å². The first-order valence-corrected chi connectivity index (χ1v) is 4.22. The Morgan fingerprint density at radius 1 is 1.36 bits per heavy atom. The Morgan fingerprint density at radius 2 is 1.79 bits per heavy atom. The molecule has 0 aliphatic rings. The second kappa shape index (κ2) is 4.39. The SMILES string of the molecule is C[C@H](N)C(=O)N(N)C(=O)OC(C)(C)C. The van der Waals surface area contributed by atoms with E-state index < -0.39 is 23.6 Å². The summed E-state index contributed by atoms with van der Waals surface area (Å²) >= 11 is 0. The van der Waals surface area contributed by atoms with Crippen molar-refractivity contribution in [1.82, 2.24) is 5.01 Å². The second-order valence-electron chi connectivity index (χ2n) is 3.98. The van der Waals surface area contributed by atoms with Crippen molar-refractivity contribution in [2.45, 2.75) is 39.3 Å². The Balaban J connectivity index is 4.34. The van der Waals surface area contributed by atoms with Gasteiger partial charge < -0.3 is 10.5 Å². The van der Waals surface area contributed by atoms with Crippen LogP contribution in [-0.2, 0) is 9.53 Å². The third-order valence-corrected chi connectivity index (χ3v) is 1.22. The number of hydrogen-bond acceptors (Lipinski definition) is 5.